The third-order valence-electron chi connectivity index (χ3n) is 4.18. The van der Waals surface area contributed by atoms with Crippen LogP contribution in [-0.2, 0) is 19.6 Å². The van der Waals surface area contributed by atoms with Crippen LogP contribution in [0.25, 0.3) is 0 Å². The minimum atomic E-state index is -4.11. The number of nitrogens with one attached hydrogen (secondary N) is 1. The number of sulfonamides is 1. The van der Waals surface area contributed by atoms with E-state index in [2.05, 4.69) is 0 Å². The highest BCUT2D eigenvalue weighted by molar-refractivity contribution is 7.90. The van der Waals surface area contributed by atoms with Gasteiger partial charge in [-0.05, 0) is 18.2 Å². The van der Waals surface area contributed by atoms with Gasteiger partial charge < -0.3 is 4.90 Å². The summed E-state index contributed by atoms with van der Waals surface area (Å²) in [6, 6.07) is 3.51. The number of halogens is 1. The molecule has 0 spiro atoms. The number of benzene rings is 1. The van der Waals surface area contributed by atoms with Gasteiger partial charge in [0.05, 0.1) is 16.5 Å². The Bertz CT molecular complexity index is 784. The van der Waals surface area contributed by atoms with E-state index in [-0.39, 0.29) is 28.2 Å². The van der Waals surface area contributed by atoms with E-state index in [0.717, 1.165) is 6.07 Å². The molecule has 1 heterocycles. The fraction of sp³-hybridized carbons (Fsp3) is 0.529. The van der Waals surface area contributed by atoms with Crippen molar-refractivity contribution in [1.82, 2.24) is 4.72 Å². The fourth-order valence-corrected chi connectivity index (χ4v) is 3.67. The van der Waals surface area contributed by atoms with Crippen LogP contribution >= 0.6 is 0 Å². The first-order chi connectivity index (χ1) is 11.5. The standard InChI is InChI=1S/C17H23FN2O4S/c1-10(2)16(21)12-8-20(9-12)15-6-5-13(7-14(15)18)25(23,24)19-17(22)11(3)4/h5-7,10-12H,8-9H2,1-4H3,(H,19,22). The van der Waals surface area contributed by atoms with Crippen LogP contribution in [0.4, 0.5) is 10.1 Å². The second-order valence-corrected chi connectivity index (χ2v) is 8.58. The third-order valence-corrected chi connectivity index (χ3v) is 5.53. The van der Waals surface area contributed by atoms with Crippen molar-refractivity contribution in [1.29, 1.82) is 0 Å². The first-order valence-corrected chi connectivity index (χ1v) is 9.66. The molecule has 0 aliphatic carbocycles. The first-order valence-electron chi connectivity index (χ1n) is 8.17. The topological polar surface area (TPSA) is 83.6 Å². The molecule has 0 unspecified atom stereocenters. The zero-order chi connectivity index (χ0) is 18.9. The molecule has 25 heavy (non-hydrogen) atoms. The molecule has 0 radical (unpaired) electrons. The highest BCUT2D eigenvalue weighted by Gasteiger charge is 2.35. The minimum Gasteiger partial charge on any atom is -0.368 e. The molecular weight excluding hydrogens is 347 g/mol. The summed E-state index contributed by atoms with van der Waals surface area (Å²) in [5.41, 5.74) is 0.252. The Morgan fingerprint density at radius 3 is 2.24 bits per heavy atom. The Kier molecular flexibility index (Phi) is 5.51. The van der Waals surface area contributed by atoms with Crippen molar-refractivity contribution in [3.05, 3.63) is 24.0 Å². The second-order valence-electron chi connectivity index (χ2n) is 6.90. The van der Waals surface area contributed by atoms with Crippen LogP contribution < -0.4 is 9.62 Å². The summed E-state index contributed by atoms with van der Waals surface area (Å²) < 4.78 is 40.5. The van der Waals surface area contributed by atoms with Crippen LogP contribution in [0.2, 0.25) is 0 Å². The number of amides is 1. The summed E-state index contributed by atoms with van der Waals surface area (Å²) in [5.74, 6) is -1.89. The van der Waals surface area contributed by atoms with Crippen molar-refractivity contribution in [2.45, 2.75) is 32.6 Å². The maximum absolute atomic E-state index is 14.3. The maximum Gasteiger partial charge on any atom is 0.264 e. The van der Waals surface area contributed by atoms with Crippen molar-refractivity contribution in [3.63, 3.8) is 0 Å². The Balaban J connectivity index is 2.12. The van der Waals surface area contributed by atoms with Crippen LogP contribution in [0.5, 0.6) is 0 Å². The maximum atomic E-state index is 14.3. The molecule has 1 fully saturated rings. The molecule has 2 rings (SSSR count). The molecule has 1 N–H and O–H groups in total. The Morgan fingerprint density at radius 1 is 1.16 bits per heavy atom. The van der Waals surface area contributed by atoms with Crippen LogP contribution in [0, 0.1) is 23.6 Å². The van der Waals surface area contributed by atoms with E-state index >= 15 is 0 Å². The molecule has 1 aliphatic rings. The molecule has 0 aromatic heterocycles. The number of carbonyl (C=O) groups is 2. The quantitative estimate of drug-likeness (QED) is 0.827. The van der Waals surface area contributed by atoms with E-state index < -0.39 is 27.7 Å². The van der Waals surface area contributed by atoms with Gasteiger partial charge in [-0.25, -0.2) is 17.5 Å². The van der Waals surface area contributed by atoms with Gasteiger partial charge in [-0.15, -0.1) is 0 Å². The third kappa shape index (κ3) is 4.18. The number of ketones is 1. The van der Waals surface area contributed by atoms with E-state index in [1.165, 1.54) is 12.1 Å². The lowest BCUT2D eigenvalue weighted by Gasteiger charge is -2.41. The zero-order valence-corrected chi connectivity index (χ0v) is 15.6. The first kappa shape index (κ1) is 19.4. The summed E-state index contributed by atoms with van der Waals surface area (Å²) in [7, 11) is -4.11. The zero-order valence-electron chi connectivity index (χ0n) is 14.7. The predicted octanol–water partition coefficient (Wildman–Crippen LogP) is 1.95. The lowest BCUT2D eigenvalue weighted by Crippen LogP contribution is -2.51. The lowest BCUT2D eigenvalue weighted by atomic mass is 9.88. The number of Topliss-reactive ketones (excluding diaryl/α,β-unsaturated/α-hetero) is 1. The van der Waals surface area contributed by atoms with Gasteiger partial charge in [0.15, 0.2) is 0 Å². The number of anilines is 1. The van der Waals surface area contributed by atoms with Crippen molar-refractivity contribution < 1.29 is 22.4 Å². The van der Waals surface area contributed by atoms with Crippen LogP contribution in [0.3, 0.4) is 0 Å². The van der Waals surface area contributed by atoms with Crippen molar-refractivity contribution >= 4 is 27.4 Å². The van der Waals surface area contributed by atoms with Gasteiger partial charge >= 0.3 is 0 Å². The molecule has 1 amide bonds. The highest BCUT2D eigenvalue weighted by Crippen LogP contribution is 2.30. The predicted molar refractivity (Wildman–Crippen MR) is 92.1 cm³/mol. The minimum absolute atomic E-state index is 0.0610. The molecule has 1 saturated heterocycles. The Hall–Kier alpha value is -1.96. The van der Waals surface area contributed by atoms with Gasteiger partial charge in [0, 0.05) is 24.9 Å². The van der Waals surface area contributed by atoms with E-state index in [4.69, 9.17) is 0 Å². The molecule has 1 aromatic rings. The van der Waals surface area contributed by atoms with E-state index in [1.54, 1.807) is 18.7 Å². The van der Waals surface area contributed by atoms with Gasteiger partial charge in [-0.2, -0.15) is 0 Å². The summed E-state index contributed by atoms with van der Waals surface area (Å²) in [6.45, 7) is 7.63. The van der Waals surface area contributed by atoms with E-state index in [0.29, 0.717) is 13.1 Å². The van der Waals surface area contributed by atoms with Crippen LogP contribution in [0.1, 0.15) is 27.7 Å². The van der Waals surface area contributed by atoms with Crippen molar-refractivity contribution in [2.75, 3.05) is 18.0 Å². The monoisotopic (exact) mass is 370 g/mol. The largest absolute Gasteiger partial charge is 0.368 e. The molecule has 138 valence electrons. The van der Waals surface area contributed by atoms with Crippen molar-refractivity contribution in [3.8, 4) is 0 Å². The Labute approximate surface area is 147 Å². The van der Waals surface area contributed by atoms with Gasteiger partial charge in [0.25, 0.3) is 10.0 Å². The van der Waals surface area contributed by atoms with Gasteiger partial charge in [0.1, 0.15) is 11.6 Å². The summed E-state index contributed by atoms with van der Waals surface area (Å²) in [6.07, 6.45) is 0. The molecule has 1 aliphatic heterocycles. The van der Waals surface area contributed by atoms with Gasteiger partial charge in [0.2, 0.25) is 5.91 Å². The summed E-state index contributed by atoms with van der Waals surface area (Å²) in [4.78, 5) is 24.9. The number of nitrogens with zero attached hydrogens (tertiary/aromatic N) is 1. The molecule has 0 saturated carbocycles. The lowest BCUT2D eigenvalue weighted by molar-refractivity contribution is -0.126. The Morgan fingerprint density at radius 2 is 1.76 bits per heavy atom. The molecule has 8 heteroatoms. The average molecular weight is 370 g/mol. The van der Waals surface area contributed by atoms with E-state index in [9.17, 15) is 22.4 Å². The normalized spacial score (nSPS) is 15.4. The van der Waals surface area contributed by atoms with E-state index in [1.807, 2.05) is 18.6 Å². The fourth-order valence-electron chi connectivity index (χ4n) is 2.55. The molecule has 0 bridgehead atoms. The number of hydrogen-bond donors (Lipinski definition) is 1. The molecular formula is C17H23FN2O4S. The van der Waals surface area contributed by atoms with Gasteiger partial charge in [-0.3, -0.25) is 9.59 Å². The smallest absolute Gasteiger partial charge is 0.264 e. The number of hydrogen-bond acceptors (Lipinski definition) is 5. The number of carbonyl (C=O) groups excluding carboxylic acids is 2. The average Bonchev–Trinajstić information content (AvgIpc) is 2.46. The number of rotatable bonds is 6. The summed E-state index contributed by atoms with van der Waals surface area (Å²) in [5, 5.41) is 0. The SMILES string of the molecule is CC(C)C(=O)NS(=O)(=O)c1ccc(N2CC(C(=O)C(C)C)C2)c(F)c1. The molecule has 1 aromatic carbocycles. The van der Waals surface area contributed by atoms with Crippen LogP contribution in [0.15, 0.2) is 23.1 Å². The van der Waals surface area contributed by atoms with Crippen molar-refractivity contribution in [2.24, 2.45) is 17.8 Å². The molecule has 0 atom stereocenters. The van der Waals surface area contributed by atoms with Crippen LogP contribution in [-0.4, -0.2) is 33.2 Å². The molecule has 6 nitrogen and oxygen atoms in total. The second kappa shape index (κ2) is 7.11. The highest BCUT2D eigenvalue weighted by atomic mass is 32.2. The van der Waals surface area contributed by atoms with Gasteiger partial charge in [-0.1, -0.05) is 27.7 Å². The summed E-state index contributed by atoms with van der Waals surface area (Å²) >= 11 is 0.